The Morgan fingerprint density at radius 2 is 2.19 bits per heavy atom. The van der Waals surface area contributed by atoms with Crippen LogP contribution in [0, 0.1) is 6.08 Å². The highest BCUT2D eigenvalue weighted by molar-refractivity contribution is 7.98. The maximum Gasteiger partial charge on any atom is 0.312 e. The van der Waals surface area contributed by atoms with Gasteiger partial charge in [-0.05, 0) is 6.26 Å². The lowest BCUT2D eigenvalue weighted by atomic mass is 10.1. The molecular formula is C11H14FN5O3S. The fourth-order valence-electron chi connectivity index (χ4n) is 2.36. The molecule has 2 aromatic rings. The van der Waals surface area contributed by atoms with E-state index in [2.05, 4.69) is 15.0 Å². The standard InChI is InChI=1S/C11H14FN5O3S/c1-21-2-4-6(18)7(19)10(20-4)17-3-14-5-8(13)15-11(12)16-9(5)17/h3-4,6-7,10,18-19H,2H2,1H3,(H2,13,15,16)/t4-,6-,7-,10?/m1/s1. The van der Waals surface area contributed by atoms with Crippen LogP contribution in [0.3, 0.4) is 0 Å². The number of aromatic nitrogens is 4. The van der Waals surface area contributed by atoms with Crippen LogP contribution >= 0.6 is 11.8 Å². The van der Waals surface area contributed by atoms with Gasteiger partial charge in [0.05, 0.1) is 12.4 Å². The smallest absolute Gasteiger partial charge is 0.312 e. The van der Waals surface area contributed by atoms with Crippen LogP contribution in [0.15, 0.2) is 6.33 Å². The van der Waals surface area contributed by atoms with Gasteiger partial charge in [-0.25, -0.2) is 4.98 Å². The molecular weight excluding hydrogens is 301 g/mol. The minimum Gasteiger partial charge on any atom is -0.387 e. The quantitative estimate of drug-likeness (QED) is 0.650. The molecule has 4 atom stereocenters. The molecule has 0 aromatic carbocycles. The molecule has 0 bridgehead atoms. The van der Waals surface area contributed by atoms with Crippen LogP contribution in [-0.2, 0) is 4.74 Å². The molecule has 3 heterocycles. The first-order valence-electron chi connectivity index (χ1n) is 6.19. The normalized spacial score (nSPS) is 29.3. The maximum atomic E-state index is 13.3. The topological polar surface area (TPSA) is 119 Å². The van der Waals surface area contributed by atoms with Gasteiger partial charge < -0.3 is 20.7 Å². The summed E-state index contributed by atoms with van der Waals surface area (Å²) in [6, 6.07) is 0. The number of imidazole rings is 1. The summed E-state index contributed by atoms with van der Waals surface area (Å²) >= 11 is 1.49. The van der Waals surface area contributed by atoms with Crippen LogP contribution < -0.4 is 5.73 Å². The minimum atomic E-state index is -1.17. The van der Waals surface area contributed by atoms with Gasteiger partial charge >= 0.3 is 6.08 Å². The third-order valence-corrected chi connectivity index (χ3v) is 4.03. The van der Waals surface area contributed by atoms with Gasteiger partial charge in [-0.2, -0.15) is 26.1 Å². The number of hydrogen-bond acceptors (Lipinski definition) is 8. The molecule has 2 aromatic heterocycles. The Hall–Kier alpha value is -1.49. The summed E-state index contributed by atoms with van der Waals surface area (Å²) in [5.41, 5.74) is 5.91. The number of nitrogen functional groups attached to an aromatic ring is 1. The highest BCUT2D eigenvalue weighted by Crippen LogP contribution is 2.33. The average molecular weight is 315 g/mol. The van der Waals surface area contributed by atoms with E-state index in [1.165, 1.54) is 22.7 Å². The number of aliphatic hydroxyl groups excluding tert-OH is 2. The lowest BCUT2D eigenvalue weighted by Gasteiger charge is -2.16. The molecule has 0 spiro atoms. The number of anilines is 1. The second-order valence-electron chi connectivity index (χ2n) is 4.70. The van der Waals surface area contributed by atoms with E-state index in [1.54, 1.807) is 0 Å². The van der Waals surface area contributed by atoms with E-state index in [0.29, 0.717) is 5.75 Å². The summed E-state index contributed by atoms with van der Waals surface area (Å²) in [6.45, 7) is 0. The number of fused-ring (bicyclic) bond motifs is 1. The number of rotatable bonds is 3. The van der Waals surface area contributed by atoms with Crippen LogP contribution in [0.5, 0.6) is 0 Å². The molecule has 10 heteroatoms. The zero-order chi connectivity index (χ0) is 15.1. The molecule has 1 unspecified atom stereocenters. The molecule has 0 amide bonds. The zero-order valence-electron chi connectivity index (χ0n) is 11.0. The summed E-state index contributed by atoms with van der Waals surface area (Å²) in [5, 5.41) is 20.1. The number of halogens is 1. The lowest BCUT2D eigenvalue weighted by Crippen LogP contribution is -2.32. The van der Waals surface area contributed by atoms with Crippen molar-refractivity contribution in [2.75, 3.05) is 17.7 Å². The van der Waals surface area contributed by atoms with Crippen LogP contribution in [-0.4, -0.2) is 60.1 Å². The van der Waals surface area contributed by atoms with Gasteiger partial charge in [0.15, 0.2) is 23.2 Å². The molecule has 0 saturated carbocycles. The summed E-state index contributed by atoms with van der Waals surface area (Å²) < 4.78 is 20.3. The number of nitrogens with zero attached hydrogens (tertiary/aromatic N) is 4. The van der Waals surface area contributed by atoms with E-state index < -0.39 is 30.6 Å². The number of ether oxygens (including phenoxy) is 1. The summed E-state index contributed by atoms with van der Waals surface area (Å²) in [6.07, 6.45) is -1.43. The van der Waals surface area contributed by atoms with E-state index in [-0.39, 0.29) is 17.0 Å². The largest absolute Gasteiger partial charge is 0.387 e. The van der Waals surface area contributed by atoms with Gasteiger partial charge in [0.2, 0.25) is 0 Å². The summed E-state index contributed by atoms with van der Waals surface area (Å²) in [7, 11) is 0. The monoisotopic (exact) mass is 315 g/mol. The van der Waals surface area contributed by atoms with Crippen molar-refractivity contribution in [1.29, 1.82) is 0 Å². The first-order valence-corrected chi connectivity index (χ1v) is 7.58. The Morgan fingerprint density at radius 1 is 1.43 bits per heavy atom. The van der Waals surface area contributed by atoms with Crippen molar-refractivity contribution in [3.63, 3.8) is 0 Å². The number of hydrogen-bond donors (Lipinski definition) is 3. The molecule has 8 nitrogen and oxygen atoms in total. The Morgan fingerprint density at radius 3 is 2.90 bits per heavy atom. The van der Waals surface area contributed by atoms with Crippen molar-refractivity contribution in [1.82, 2.24) is 19.5 Å². The Kier molecular flexibility index (Phi) is 3.69. The lowest BCUT2D eigenvalue weighted by molar-refractivity contribution is -0.0289. The Labute approximate surface area is 123 Å². The van der Waals surface area contributed by atoms with Gasteiger partial charge in [0.25, 0.3) is 0 Å². The van der Waals surface area contributed by atoms with Crippen molar-refractivity contribution in [2.24, 2.45) is 0 Å². The van der Waals surface area contributed by atoms with E-state index in [9.17, 15) is 14.6 Å². The Bertz CT molecular complexity index is 669. The molecule has 1 saturated heterocycles. The van der Waals surface area contributed by atoms with Crippen LogP contribution in [0.25, 0.3) is 11.2 Å². The predicted molar refractivity (Wildman–Crippen MR) is 74.0 cm³/mol. The fraction of sp³-hybridized carbons (Fsp3) is 0.545. The van der Waals surface area contributed by atoms with Crippen LogP contribution in [0.1, 0.15) is 6.23 Å². The average Bonchev–Trinajstić information content (AvgIpc) is 2.96. The number of thioether (sulfide) groups is 1. The third-order valence-electron chi connectivity index (χ3n) is 3.36. The van der Waals surface area contributed by atoms with Gasteiger partial charge in [-0.1, -0.05) is 0 Å². The van der Waals surface area contributed by atoms with Crippen molar-refractivity contribution in [3.8, 4) is 0 Å². The minimum absolute atomic E-state index is 0.0926. The third kappa shape index (κ3) is 2.33. The van der Waals surface area contributed by atoms with E-state index in [4.69, 9.17) is 10.5 Å². The van der Waals surface area contributed by atoms with Gasteiger partial charge in [0, 0.05) is 5.75 Å². The zero-order valence-corrected chi connectivity index (χ0v) is 11.9. The SMILES string of the molecule is CSC[C@H]1OC(n2cnc3c(N)nc(F)nc32)[C@H](O)[C@@H]1O. The molecule has 21 heavy (non-hydrogen) atoms. The van der Waals surface area contributed by atoms with Crippen LogP contribution in [0.2, 0.25) is 0 Å². The van der Waals surface area contributed by atoms with Crippen molar-refractivity contribution in [2.45, 2.75) is 24.5 Å². The van der Waals surface area contributed by atoms with E-state index in [0.717, 1.165) is 0 Å². The van der Waals surface area contributed by atoms with Gasteiger partial charge in [-0.3, -0.25) is 4.57 Å². The van der Waals surface area contributed by atoms with Gasteiger partial charge in [0.1, 0.15) is 12.2 Å². The molecule has 1 aliphatic rings. The van der Waals surface area contributed by atoms with E-state index >= 15 is 0 Å². The van der Waals surface area contributed by atoms with Gasteiger partial charge in [-0.15, -0.1) is 0 Å². The second-order valence-corrected chi connectivity index (χ2v) is 5.61. The molecule has 0 radical (unpaired) electrons. The highest BCUT2D eigenvalue weighted by atomic mass is 32.2. The molecule has 3 rings (SSSR count). The van der Waals surface area contributed by atoms with E-state index in [1.807, 2.05) is 6.26 Å². The Balaban J connectivity index is 2.01. The number of aliphatic hydroxyl groups is 2. The predicted octanol–water partition coefficient (Wildman–Crippen LogP) is -0.470. The summed E-state index contributed by atoms with van der Waals surface area (Å²) in [5.74, 6) is 0.428. The van der Waals surface area contributed by atoms with Crippen LogP contribution in [0.4, 0.5) is 10.2 Å². The second kappa shape index (κ2) is 5.37. The molecule has 4 N–H and O–H groups in total. The first-order chi connectivity index (χ1) is 10.0. The molecule has 0 aliphatic carbocycles. The highest BCUT2D eigenvalue weighted by Gasteiger charge is 2.44. The summed E-state index contributed by atoms with van der Waals surface area (Å²) in [4.78, 5) is 11.0. The fourth-order valence-corrected chi connectivity index (χ4v) is 2.96. The van der Waals surface area contributed by atoms with Crippen molar-refractivity contribution < 1.29 is 19.3 Å². The molecule has 114 valence electrons. The van der Waals surface area contributed by atoms with Crippen molar-refractivity contribution >= 4 is 28.7 Å². The van der Waals surface area contributed by atoms with Crippen molar-refractivity contribution in [3.05, 3.63) is 12.4 Å². The molecule has 1 aliphatic heterocycles. The maximum absolute atomic E-state index is 13.3. The first kappa shape index (κ1) is 14.4. The number of nitrogens with two attached hydrogens (primary N) is 1. The molecule has 1 fully saturated rings.